The molecule has 1 saturated heterocycles. The van der Waals surface area contributed by atoms with Gasteiger partial charge >= 0.3 is 0 Å². The number of aromatic nitrogens is 3. The number of pyridine rings is 1. The van der Waals surface area contributed by atoms with Crippen molar-refractivity contribution in [3.8, 4) is 5.82 Å². The van der Waals surface area contributed by atoms with Gasteiger partial charge in [0.05, 0.1) is 0 Å². The summed E-state index contributed by atoms with van der Waals surface area (Å²) in [4.78, 5) is 15.8. The Bertz CT molecular complexity index is 778. The molecular weight excluding hydrogens is 326 g/mol. The molecule has 0 radical (unpaired) electrons. The number of rotatable bonds is 5. The molecule has 2 N–H and O–H groups in total. The fourth-order valence-electron chi connectivity index (χ4n) is 3.63. The van der Waals surface area contributed by atoms with Gasteiger partial charge in [-0.15, -0.1) is 0 Å². The van der Waals surface area contributed by atoms with Gasteiger partial charge in [-0.25, -0.2) is 9.97 Å². The van der Waals surface area contributed by atoms with Crippen LogP contribution in [0.4, 0.5) is 0 Å². The van der Waals surface area contributed by atoms with Crippen LogP contribution in [0.5, 0.6) is 0 Å². The Labute approximate surface area is 154 Å². The Kier molecular flexibility index (Phi) is 4.88. The summed E-state index contributed by atoms with van der Waals surface area (Å²) in [6, 6.07) is 5.37. The van der Waals surface area contributed by atoms with Gasteiger partial charge in [-0.1, -0.05) is 6.07 Å². The fourth-order valence-corrected chi connectivity index (χ4v) is 3.63. The van der Waals surface area contributed by atoms with Crippen LogP contribution in [0, 0.1) is 6.92 Å². The van der Waals surface area contributed by atoms with Gasteiger partial charge in [0.2, 0.25) is 0 Å². The third kappa shape index (κ3) is 3.72. The zero-order valence-electron chi connectivity index (χ0n) is 15.5. The van der Waals surface area contributed by atoms with Crippen LogP contribution >= 0.6 is 0 Å². The number of aryl methyl sites for hydroxylation is 1. The molecule has 1 unspecified atom stereocenters. The first-order valence-electron chi connectivity index (χ1n) is 9.40. The lowest BCUT2D eigenvalue weighted by Gasteiger charge is -2.19. The molecule has 1 atom stereocenters. The number of nitrogens with one attached hydrogen (secondary N) is 2. The van der Waals surface area contributed by atoms with E-state index in [1.165, 1.54) is 25.8 Å². The summed E-state index contributed by atoms with van der Waals surface area (Å²) in [5.74, 6) is 2.69. The Hall–Kier alpha value is -2.41. The first kappa shape index (κ1) is 17.0. The molecule has 0 aromatic carbocycles. The molecule has 1 saturated carbocycles. The SMILES string of the molecule is CN=C(NCc1cccnc1-n1ccnc1C)NC1CCN(C2CC2)C1. The third-order valence-corrected chi connectivity index (χ3v) is 5.22. The molecule has 7 heteroatoms. The minimum absolute atomic E-state index is 0.478. The zero-order chi connectivity index (χ0) is 17.9. The van der Waals surface area contributed by atoms with Crippen molar-refractivity contribution in [1.82, 2.24) is 30.1 Å². The van der Waals surface area contributed by atoms with E-state index in [2.05, 4.69) is 36.6 Å². The fraction of sp³-hybridized carbons (Fsp3) is 0.526. The highest BCUT2D eigenvalue weighted by molar-refractivity contribution is 5.80. The largest absolute Gasteiger partial charge is 0.352 e. The molecule has 4 rings (SSSR count). The smallest absolute Gasteiger partial charge is 0.191 e. The minimum Gasteiger partial charge on any atom is -0.352 e. The van der Waals surface area contributed by atoms with Crippen LogP contribution < -0.4 is 10.6 Å². The van der Waals surface area contributed by atoms with Crippen LogP contribution in [0.25, 0.3) is 5.82 Å². The molecule has 2 aromatic heterocycles. The molecule has 1 aliphatic heterocycles. The van der Waals surface area contributed by atoms with E-state index in [4.69, 9.17) is 0 Å². The highest BCUT2D eigenvalue weighted by atomic mass is 15.3. The Balaban J connectivity index is 1.38. The van der Waals surface area contributed by atoms with E-state index in [0.717, 1.165) is 35.8 Å². The van der Waals surface area contributed by atoms with E-state index in [9.17, 15) is 0 Å². The van der Waals surface area contributed by atoms with Crippen molar-refractivity contribution in [3.63, 3.8) is 0 Å². The van der Waals surface area contributed by atoms with Crippen LogP contribution in [-0.2, 0) is 6.54 Å². The van der Waals surface area contributed by atoms with Gasteiger partial charge in [0.25, 0.3) is 0 Å². The zero-order valence-corrected chi connectivity index (χ0v) is 15.5. The highest BCUT2D eigenvalue weighted by Crippen LogP contribution is 2.29. The topological polar surface area (TPSA) is 70.4 Å². The second-order valence-electron chi connectivity index (χ2n) is 7.11. The summed E-state index contributed by atoms with van der Waals surface area (Å²) in [5, 5.41) is 7.01. The van der Waals surface area contributed by atoms with E-state index in [1.54, 1.807) is 6.20 Å². The molecule has 0 spiro atoms. The molecule has 26 heavy (non-hydrogen) atoms. The van der Waals surface area contributed by atoms with E-state index in [-0.39, 0.29) is 0 Å². The van der Waals surface area contributed by atoms with Gasteiger partial charge in [-0.3, -0.25) is 14.5 Å². The van der Waals surface area contributed by atoms with Crippen molar-refractivity contribution in [3.05, 3.63) is 42.1 Å². The van der Waals surface area contributed by atoms with Crippen molar-refractivity contribution >= 4 is 5.96 Å². The van der Waals surface area contributed by atoms with Gasteiger partial charge in [0.15, 0.2) is 5.96 Å². The van der Waals surface area contributed by atoms with E-state index >= 15 is 0 Å². The van der Waals surface area contributed by atoms with Crippen LogP contribution in [0.15, 0.2) is 35.7 Å². The van der Waals surface area contributed by atoms with Crippen LogP contribution in [0.1, 0.15) is 30.7 Å². The van der Waals surface area contributed by atoms with E-state index in [0.29, 0.717) is 12.6 Å². The molecule has 3 heterocycles. The maximum absolute atomic E-state index is 4.54. The van der Waals surface area contributed by atoms with Crippen molar-refractivity contribution in [2.45, 2.75) is 44.8 Å². The molecule has 7 nitrogen and oxygen atoms in total. The van der Waals surface area contributed by atoms with Gasteiger partial charge in [0, 0.05) is 62.9 Å². The normalized spacial score (nSPS) is 21.2. The lowest BCUT2D eigenvalue weighted by atomic mass is 10.2. The van der Waals surface area contributed by atoms with Crippen molar-refractivity contribution in [2.75, 3.05) is 20.1 Å². The number of nitrogens with zero attached hydrogens (tertiary/aromatic N) is 5. The Morgan fingerprint density at radius 2 is 2.15 bits per heavy atom. The van der Waals surface area contributed by atoms with Crippen molar-refractivity contribution < 1.29 is 0 Å². The Morgan fingerprint density at radius 3 is 2.88 bits per heavy atom. The Morgan fingerprint density at radius 1 is 1.27 bits per heavy atom. The van der Waals surface area contributed by atoms with Crippen molar-refractivity contribution in [1.29, 1.82) is 0 Å². The third-order valence-electron chi connectivity index (χ3n) is 5.22. The maximum atomic E-state index is 4.54. The molecule has 0 amide bonds. The monoisotopic (exact) mass is 353 g/mol. The highest BCUT2D eigenvalue weighted by Gasteiger charge is 2.34. The molecule has 1 aliphatic carbocycles. The van der Waals surface area contributed by atoms with Gasteiger partial charge in [-0.05, 0) is 32.3 Å². The lowest BCUT2D eigenvalue weighted by molar-refractivity contribution is 0.321. The molecule has 2 aromatic rings. The molecule has 138 valence electrons. The standard InChI is InChI=1S/C19H27N7/c1-14-21-9-11-26(14)18-15(4-3-8-22-18)12-23-19(20-2)24-16-7-10-25(13-16)17-5-6-17/h3-4,8-9,11,16-17H,5-7,10,12-13H2,1-2H3,(H2,20,23,24). The second-order valence-corrected chi connectivity index (χ2v) is 7.11. The lowest BCUT2D eigenvalue weighted by Crippen LogP contribution is -2.44. The molecule has 2 fully saturated rings. The number of aliphatic imine (C=N–C) groups is 1. The summed E-state index contributed by atoms with van der Waals surface area (Å²) < 4.78 is 2.01. The van der Waals surface area contributed by atoms with Crippen molar-refractivity contribution in [2.24, 2.45) is 4.99 Å². The molecule has 2 aliphatic rings. The average molecular weight is 353 g/mol. The first-order chi connectivity index (χ1) is 12.7. The number of hydrogen-bond donors (Lipinski definition) is 2. The van der Waals surface area contributed by atoms with Crippen LogP contribution in [0.2, 0.25) is 0 Å². The summed E-state index contributed by atoms with van der Waals surface area (Å²) in [6.07, 6.45) is 9.49. The summed E-state index contributed by atoms with van der Waals surface area (Å²) >= 11 is 0. The van der Waals surface area contributed by atoms with Gasteiger partial charge in [0.1, 0.15) is 11.6 Å². The average Bonchev–Trinajstić information content (AvgIpc) is 3.26. The van der Waals surface area contributed by atoms with E-state index < -0.39 is 0 Å². The minimum atomic E-state index is 0.478. The summed E-state index contributed by atoms with van der Waals surface area (Å²) in [5.41, 5.74) is 1.11. The van der Waals surface area contributed by atoms with Gasteiger partial charge in [-0.2, -0.15) is 0 Å². The molecular formula is C19H27N7. The molecule has 0 bridgehead atoms. The second kappa shape index (κ2) is 7.45. The van der Waals surface area contributed by atoms with Crippen LogP contribution in [-0.4, -0.2) is 57.6 Å². The first-order valence-corrected chi connectivity index (χ1v) is 9.40. The predicted molar refractivity (Wildman–Crippen MR) is 102 cm³/mol. The number of guanidine groups is 1. The quantitative estimate of drug-likeness (QED) is 0.629. The van der Waals surface area contributed by atoms with Crippen LogP contribution in [0.3, 0.4) is 0 Å². The van der Waals surface area contributed by atoms with E-state index in [1.807, 2.05) is 37.0 Å². The predicted octanol–water partition coefficient (Wildman–Crippen LogP) is 1.48. The number of likely N-dealkylation sites (tertiary alicyclic amines) is 1. The number of imidazole rings is 1. The summed E-state index contributed by atoms with van der Waals surface area (Å²) in [7, 11) is 1.83. The summed E-state index contributed by atoms with van der Waals surface area (Å²) in [6.45, 7) is 4.97. The van der Waals surface area contributed by atoms with Gasteiger partial charge < -0.3 is 10.6 Å². The number of hydrogen-bond acceptors (Lipinski definition) is 4. The maximum Gasteiger partial charge on any atom is 0.191 e.